The molecule has 0 radical (unpaired) electrons. The van der Waals surface area contributed by atoms with E-state index in [0.717, 1.165) is 36.8 Å². The Morgan fingerprint density at radius 2 is 1.57 bits per heavy atom. The van der Waals surface area contributed by atoms with E-state index in [0.29, 0.717) is 50.0 Å². The van der Waals surface area contributed by atoms with Crippen LogP contribution in [0.5, 0.6) is 0 Å². The molecule has 6 nitrogen and oxygen atoms in total. The lowest BCUT2D eigenvalue weighted by Crippen LogP contribution is -2.51. The lowest BCUT2D eigenvalue weighted by Gasteiger charge is -2.39. The predicted octanol–water partition coefficient (Wildman–Crippen LogP) is 5.61. The van der Waals surface area contributed by atoms with Crippen molar-refractivity contribution < 1.29 is 14.0 Å². The van der Waals surface area contributed by atoms with E-state index in [1.54, 1.807) is 6.07 Å². The first-order valence-corrected chi connectivity index (χ1v) is 15.2. The van der Waals surface area contributed by atoms with Gasteiger partial charge in [-0.2, -0.15) is 0 Å². The highest BCUT2D eigenvalue weighted by Crippen LogP contribution is 2.38. The van der Waals surface area contributed by atoms with Crippen molar-refractivity contribution >= 4 is 29.1 Å². The third kappa shape index (κ3) is 6.01. The van der Waals surface area contributed by atoms with Crippen molar-refractivity contribution in [2.75, 3.05) is 44.2 Å². The van der Waals surface area contributed by atoms with E-state index in [-0.39, 0.29) is 47.3 Å². The number of piperazine rings is 1. The van der Waals surface area contributed by atoms with Crippen LogP contribution in [0.15, 0.2) is 42.5 Å². The first kappa shape index (κ1) is 28.9. The normalized spacial score (nSPS) is 23.1. The van der Waals surface area contributed by atoms with Crippen LogP contribution in [0.3, 0.4) is 0 Å². The van der Waals surface area contributed by atoms with Gasteiger partial charge in [-0.15, -0.1) is 0 Å². The molecule has 2 N–H and O–H groups in total. The lowest BCUT2D eigenvalue weighted by molar-refractivity contribution is -0.137. The Morgan fingerprint density at radius 3 is 2.23 bits per heavy atom. The molecule has 2 amide bonds. The number of carbonyl (C=O) groups is 2. The fraction of sp³-hybridized carbons (Fsp3) is 0.562. The van der Waals surface area contributed by atoms with Crippen LogP contribution >= 0.6 is 11.6 Å². The topological polar surface area (TPSA) is 69.9 Å². The van der Waals surface area contributed by atoms with E-state index in [4.69, 9.17) is 17.3 Å². The van der Waals surface area contributed by atoms with Gasteiger partial charge in [0.05, 0.1) is 11.6 Å². The van der Waals surface area contributed by atoms with Gasteiger partial charge in [-0.25, -0.2) is 4.39 Å². The molecule has 5 rings (SSSR count). The molecular weight excluding hydrogens is 527 g/mol. The zero-order valence-electron chi connectivity index (χ0n) is 23.7. The summed E-state index contributed by atoms with van der Waals surface area (Å²) in [5, 5.41) is 0.653. The van der Waals surface area contributed by atoms with Crippen LogP contribution in [0, 0.1) is 23.6 Å². The fourth-order valence-electron chi connectivity index (χ4n) is 6.77. The molecule has 1 saturated carbocycles. The van der Waals surface area contributed by atoms with E-state index in [9.17, 15) is 9.59 Å². The number of likely N-dealkylation sites (tertiary alicyclic amines) is 1. The molecule has 2 aromatic rings. The number of halogens is 2. The summed E-state index contributed by atoms with van der Waals surface area (Å²) in [6.45, 7) is 7.16. The summed E-state index contributed by atoms with van der Waals surface area (Å²) in [6.07, 6.45) is 5.29. The van der Waals surface area contributed by atoms with Crippen molar-refractivity contribution in [2.45, 2.75) is 57.9 Å². The molecule has 2 aliphatic heterocycles. The zero-order chi connectivity index (χ0) is 28.4. The number of anilines is 1. The smallest absolute Gasteiger partial charge is 0.228 e. The Labute approximate surface area is 242 Å². The molecule has 3 fully saturated rings. The van der Waals surface area contributed by atoms with Gasteiger partial charge in [-0.1, -0.05) is 69.0 Å². The number of amides is 2. The van der Waals surface area contributed by atoms with Gasteiger partial charge in [0.15, 0.2) is 0 Å². The van der Waals surface area contributed by atoms with E-state index in [1.807, 2.05) is 58.9 Å². The van der Waals surface area contributed by atoms with Gasteiger partial charge >= 0.3 is 0 Å². The Hall–Kier alpha value is -2.64. The van der Waals surface area contributed by atoms with Crippen molar-refractivity contribution in [3.8, 4) is 0 Å². The molecule has 8 heteroatoms. The summed E-state index contributed by atoms with van der Waals surface area (Å²) in [6, 6.07) is 12.5. The number of hydrogen-bond acceptors (Lipinski definition) is 4. The second kappa shape index (κ2) is 12.5. The zero-order valence-corrected chi connectivity index (χ0v) is 24.5. The Bertz CT molecular complexity index is 1190. The molecule has 216 valence electrons. The minimum absolute atomic E-state index is 0.0717. The minimum atomic E-state index is -0.307. The molecule has 2 saturated heterocycles. The van der Waals surface area contributed by atoms with Gasteiger partial charge in [0, 0.05) is 62.2 Å². The van der Waals surface area contributed by atoms with Gasteiger partial charge in [0.1, 0.15) is 5.82 Å². The lowest BCUT2D eigenvalue weighted by atomic mass is 9.87. The van der Waals surface area contributed by atoms with Crippen molar-refractivity contribution in [2.24, 2.45) is 23.5 Å². The fourth-order valence-corrected chi connectivity index (χ4v) is 6.89. The Morgan fingerprint density at radius 1 is 0.900 bits per heavy atom. The molecule has 0 unspecified atom stereocenters. The average Bonchev–Trinajstić information content (AvgIpc) is 3.42. The third-order valence-corrected chi connectivity index (χ3v) is 9.46. The molecule has 0 bridgehead atoms. The predicted molar refractivity (Wildman–Crippen MR) is 158 cm³/mol. The van der Waals surface area contributed by atoms with Crippen LogP contribution < -0.4 is 10.6 Å². The van der Waals surface area contributed by atoms with Gasteiger partial charge in [-0.05, 0) is 48.1 Å². The van der Waals surface area contributed by atoms with Crippen LogP contribution in [-0.2, 0) is 9.59 Å². The summed E-state index contributed by atoms with van der Waals surface area (Å²) in [4.78, 5) is 33.4. The molecule has 1 aliphatic carbocycles. The van der Waals surface area contributed by atoms with E-state index >= 15 is 4.39 Å². The minimum Gasteiger partial charge on any atom is -0.365 e. The number of hydrogen-bond donors (Lipinski definition) is 1. The molecular formula is C32H42ClFN4O2. The van der Waals surface area contributed by atoms with E-state index in [1.165, 1.54) is 12.5 Å². The highest BCUT2D eigenvalue weighted by molar-refractivity contribution is 6.30. The molecule has 2 heterocycles. The molecule has 2 aromatic carbocycles. The Kier molecular flexibility index (Phi) is 9.01. The highest BCUT2D eigenvalue weighted by Gasteiger charge is 2.44. The van der Waals surface area contributed by atoms with Crippen LogP contribution in [-0.4, -0.2) is 60.9 Å². The molecule has 0 spiro atoms. The maximum Gasteiger partial charge on any atom is 0.228 e. The number of nitrogens with two attached hydrogens (primary N) is 1. The number of rotatable bonds is 6. The standard InChI is InChI=1S/C32H42ClFN4O2/c1-21(2)29(35)25-9-6-10-28(34)30(25)36-15-17-37(18-16-36)32(40)27-20-38(31(39)23-7-4-3-5-8-23)19-26(27)22-11-13-24(33)14-12-22/h6,9-14,21,23,26-27,29H,3-5,7-8,15-20,35H2,1-2H3/t26-,27+,29-/m0/s1. The van der Waals surface area contributed by atoms with E-state index < -0.39 is 0 Å². The van der Waals surface area contributed by atoms with Gasteiger partial charge in [-0.3, -0.25) is 9.59 Å². The third-order valence-electron chi connectivity index (χ3n) is 9.20. The SMILES string of the molecule is CC(C)[C@H](N)c1cccc(F)c1N1CCN(C(=O)[C@@H]2CN(C(=O)C3CCCCC3)C[C@H]2c2ccc(Cl)cc2)CC1. The molecule has 3 aliphatic rings. The summed E-state index contributed by atoms with van der Waals surface area (Å²) < 4.78 is 15.1. The van der Waals surface area contributed by atoms with Gasteiger partial charge in [0.25, 0.3) is 0 Å². The summed E-state index contributed by atoms with van der Waals surface area (Å²) >= 11 is 6.16. The van der Waals surface area contributed by atoms with Crippen molar-refractivity contribution in [1.82, 2.24) is 9.80 Å². The van der Waals surface area contributed by atoms with Crippen molar-refractivity contribution in [3.63, 3.8) is 0 Å². The Balaban J connectivity index is 1.32. The number of carbonyl (C=O) groups excluding carboxylic acids is 2. The second-order valence-electron chi connectivity index (χ2n) is 12.1. The highest BCUT2D eigenvalue weighted by atomic mass is 35.5. The quantitative estimate of drug-likeness (QED) is 0.492. The van der Waals surface area contributed by atoms with E-state index in [2.05, 4.69) is 0 Å². The summed E-state index contributed by atoms with van der Waals surface area (Å²) in [5.41, 5.74) is 8.85. The maximum atomic E-state index is 15.1. The number of nitrogens with zero attached hydrogens (tertiary/aromatic N) is 3. The van der Waals surface area contributed by atoms with Crippen LogP contribution in [0.25, 0.3) is 0 Å². The molecule has 40 heavy (non-hydrogen) atoms. The van der Waals surface area contributed by atoms with Crippen LogP contribution in [0.1, 0.15) is 69.0 Å². The average molecular weight is 569 g/mol. The van der Waals surface area contributed by atoms with Crippen molar-refractivity contribution in [1.29, 1.82) is 0 Å². The number of benzene rings is 2. The largest absolute Gasteiger partial charge is 0.365 e. The van der Waals surface area contributed by atoms with Crippen LogP contribution in [0.2, 0.25) is 5.02 Å². The molecule has 3 atom stereocenters. The summed E-state index contributed by atoms with van der Waals surface area (Å²) in [7, 11) is 0. The van der Waals surface area contributed by atoms with Crippen LogP contribution in [0.4, 0.5) is 10.1 Å². The van der Waals surface area contributed by atoms with Crippen molar-refractivity contribution in [3.05, 3.63) is 64.4 Å². The maximum absolute atomic E-state index is 15.1. The van der Waals surface area contributed by atoms with Gasteiger partial charge in [0.2, 0.25) is 11.8 Å². The second-order valence-corrected chi connectivity index (χ2v) is 12.5. The first-order chi connectivity index (χ1) is 19.2. The summed E-state index contributed by atoms with van der Waals surface area (Å²) in [5.74, 6) is -0.127. The van der Waals surface area contributed by atoms with Gasteiger partial charge < -0.3 is 20.4 Å². The first-order valence-electron chi connectivity index (χ1n) is 14.9. The molecule has 0 aromatic heterocycles. The number of para-hydroxylation sites is 1. The monoisotopic (exact) mass is 568 g/mol.